The van der Waals surface area contributed by atoms with Crippen molar-refractivity contribution < 1.29 is 13.6 Å². The maximum atomic E-state index is 16.8. The number of benzene rings is 3. The van der Waals surface area contributed by atoms with Crippen molar-refractivity contribution in [1.29, 1.82) is 0 Å². The average Bonchev–Trinajstić information content (AvgIpc) is 3.42. The number of anilines is 1. The van der Waals surface area contributed by atoms with Gasteiger partial charge in [0, 0.05) is 65.5 Å². The molecule has 0 saturated heterocycles. The largest absolute Gasteiger partial charge is 0.360 e. The Bertz CT molecular complexity index is 1750. The van der Waals surface area contributed by atoms with E-state index in [0.29, 0.717) is 41.5 Å². The molecule has 0 aliphatic rings. The molecule has 0 aliphatic carbocycles. The Balaban J connectivity index is 1.59. The molecule has 0 aliphatic heterocycles. The van der Waals surface area contributed by atoms with Crippen molar-refractivity contribution in [3.63, 3.8) is 0 Å². The molecule has 0 radical (unpaired) electrons. The van der Waals surface area contributed by atoms with E-state index in [0.717, 1.165) is 11.1 Å². The third-order valence-corrected chi connectivity index (χ3v) is 6.93. The highest BCUT2D eigenvalue weighted by molar-refractivity contribution is 6.09. The summed E-state index contributed by atoms with van der Waals surface area (Å²) in [5.41, 5.74) is 3.96. The lowest BCUT2D eigenvalue weighted by molar-refractivity contribution is 0.112. The van der Waals surface area contributed by atoms with Gasteiger partial charge in [-0.25, -0.2) is 13.8 Å². The Morgan fingerprint density at radius 3 is 2.12 bits per heavy atom. The van der Waals surface area contributed by atoms with Gasteiger partial charge in [-0.2, -0.15) is 0 Å². The van der Waals surface area contributed by atoms with Gasteiger partial charge in [0.05, 0.1) is 11.3 Å². The smallest absolute Gasteiger partial charge is 0.157 e. The molecule has 40 heavy (non-hydrogen) atoms. The van der Waals surface area contributed by atoms with Gasteiger partial charge in [0.25, 0.3) is 0 Å². The predicted molar refractivity (Wildman–Crippen MR) is 153 cm³/mol. The number of hydrogen-bond acceptors (Lipinski definition) is 4. The van der Waals surface area contributed by atoms with Gasteiger partial charge in [0.2, 0.25) is 0 Å². The quantitative estimate of drug-likeness (QED) is 0.206. The van der Waals surface area contributed by atoms with E-state index in [9.17, 15) is 4.79 Å². The van der Waals surface area contributed by atoms with Crippen LogP contribution < -0.4 is 4.90 Å². The molecule has 0 unspecified atom stereocenters. The van der Waals surface area contributed by atoms with E-state index < -0.39 is 11.6 Å². The summed E-state index contributed by atoms with van der Waals surface area (Å²) in [5, 5.41) is 0.351. The molecule has 3 heterocycles. The van der Waals surface area contributed by atoms with Crippen LogP contribution >= 0.6 is 0 Å². The van der Waals surface area contributed by atoms with Crippen LogP contribution in [0.1, 0.15) is 21.5 Å². The minimum atomic E-state index is -0.740. The van der Waals surface area contributed by atoms with Crippen molar-refractivity contribution in [1.82, 2.24) is 15.0 Å². The number of H-pyrrole nitrogens is 1. The van der Waals surface area contributed by atoms with Gasteiger partial charge in [-0.1, -0.05) is 66.7 Å². The molecular formula is C33H24F2N4O. The number of fused-ring (bicyclic) bond motifs is 1. The standard InChI is InChI=1S/C33H24F2N4O/c34-27-13-14-28(39(19-22-8-3-1-4-9-22)20-23-10-5-2-6-11-23)32(35)31(27)30-26(24-12-7-15-36-16-24)18-38-33-29(30)25(21-40)17-37-33/h1-18,21H,19-20H2,(H,37,38). The van der Waals surface area contributed by atoms with Crippen LogP contribution in [0.15, 0.2) is 110 Å². The Hall–Kier alpha value is -5.17. The fraction of sp³-hybridized carbons (Fsp3) is 0.0606. The van der Waals surface area contributed by atoms with Crippen molar-refractivity contribution in [2.45, 2.75) is 13.1 Å². The number of aromatic nitrogens is 3. The Morgan fingerprint density at radius 2 is 1.50 bits per heavy atom. The van der Waals surface area contributed by atoms with E-state index in [-0.39, 0.29) is 22.4 Å². The predicted octanol–water partition coefficient (Wildman–Crippen LogP) is 7.59. The van der Waals surface area contributed by atoms with E-state index in [1.807, 2.05) is 65.6 Å². The lowest BCUT2D eigenvalue weighted by Crippen LogP contribution is -2.23. The van der Waals surface area contributed by atoms with Crippen molar-refractivity contribution in [2.24, 2.45) is 0 Å². The molecule has 6 aromatic rings. The van der Waals surface area contributed by atoms with Gasteiger partial charge >= 0.3 is 0 Å². The van der Waals surface area contributed by atoms with Gasteiger partial charge in [0.1, 0.15) is 11.5 Å². The summed E-state index contributed by atoms with van der Waals surface area (Å²) in [7, 11) is 0. The number of aromatic amines is 1. The second kappa shape index (κ2) is 10.9. The van der Waals surface area contributed by atoms with Crippen molar-refractivity contribution in [3.05, 3.63) is 138 Å². The molecular weight excluding hydrogens is 506 g/mol. The maximum absolute atomic E-state index is 16.8. The normalized spacial score (nSPS) is 11.1. The molecule has 3 aromatic carbocycles. The highest BCUT2D eigenvalue weighted by Gasteiger charge is 2.26. The fourth-order valence-electron chi connectivity index (χ4n) is 5.06. The third kappa shape index (κ3) is 4.73. The minimum Gasteiger partial charge on any atom is -0.360 e. The van der Waals surface area contributed by atoms with Crippen LogP contribution in [0.25, 0.3) is 33.3 Å². The van der Waals surface area contributed by atoms with Crippen molar-refractivity contribution >= 4 is 23.0 Å². The zero-order valence-corrected chi connectivity index (χ0v) is 21.4. The van der Waals surface area contributed by atoms with Crippen LogP contribution in [-0.4, -0.2) is 21.2 Å². The van der Waals surface area contributed by atoms with Crippen molar-refractivity contribution in [2.75, 3.05) is 4.90 Å². The molecule has 0 bridgehead atoms. The monoisotopic (exact) mass is 530 g/mol. The first kappa shape index (κ1) is 25.1. The molecule has 5 nitrogen and oxygen atoms in total. The van der Waals surface area contributed by atoms with Crippen molar-refractivity contribution in [3.8, 4) is 22.3 Å². The number of halogens is 2. The summed E-state index contributed by atoms with van der Waals surface area (Å²) in [5.74, 6) is -1.46. The first-order valence-electron chi connectivity index (χ1n) is 12.8. The maximum Gasteiger partial charge on any atom is 0.157 e. The number of carbonyl (C=O) groups excluding carboxylic acids is 1. The van der Waals surface area contributed by atoms with Gasteiger partial charge in [-0.3, -0.25) is 9.78 Å². The minimum absolute atomic E-state index is 0.224. The number of aldehydes is 1. The van der Waals surface area contributed by atoms with Crippen LogP contribution in [0.3, 0.4) is 0 Å². The highest BCUT2D eigenvalue weighted by atomic mass is 19.1. The molecule has 0 spiro atoms. The Labute approximate surface area is 229 Å². The topological polar surface area (TPSA) is 61.9 Å². The second-order valence-electron chi connectivity index (χ2n) is 9.46. The van der Waals surface area contributed by atoms with E-state index in [1.54, 1.807) is 30.7 Å². The van der Waals surface area contributed by atoms with E-state index >= 15 is 8.78 Å². The third-order valence-electron chi connectivity index (χ3n) is 6.93. The second-order valence-corrected chi connectivity index (χ2v) is 9.46. The molecule has 0 saturated carbocycles. The molecule has 0 atom stereocenters. The van der Waals surface area contributed by atoms with Gasteiger partial charge in [0.15, 0.2) is 12.1 Å². The Kier molecular flexibility index (Phi) is 6.85. The number of nitrogens with one attached hydrogen (secondary N) is 1. The lowest BCUT2D eigenvalue weighted by atomic mass is 9.92. The number of hydrogen-bond donors (Lipinski definition) is 1. The molecule has 0 fully saturated rings. The molecule has 7 heteroatoms. The summed E-state index contributed by atoms with van der Waals surface area (Å²) in [6.07, 6.45) is 6.94. The van der Waals surface area contributed by atoms with E-state index in [1.165, 1.54) is 18.3 Å². The summed E-state index contributed by atoms with van der Waals surface area (Å²) in [6.45, 7) is 0.811. The number of carbonyl (C=O) groups is 1. The molecule has 3 aromatic heterocycles. The Morgan fingerprint density at radius 1 is 0.800 bits per heavy atom. The van der Waals surface area contributed by atoms with Crippen LogP contribution in [0.5, 0.6) is 0 Å². The SMILES string of the molecule is O=Cc1c[nH]c2ncc(-c3cccnc3)c(-c3c(F)ccc(N(Cc4ccccc4)Cc4ccccc4)c3F)c12. The summed E-state index contributed by atoms with van der Waals surface area (Å²) in [6, 6.07) is 25.8. The summed E-state index contributed by atoms with van der Waals surface area (Å²) in [4.78, 5) is 25.5. The highest BCUT2D eigenvalue weighted by Crippen LogP contribution is 2.43. The number of pyridine rings is 2. The fourth-order valence-corrected chi connectivity index (χ4v) is 5.06. The molecule has 0 amide bonds. The summed E-state index contributed by atoms with van der Waals surface area (Å²) < 4.78 is 32.6. The first-order valence-corrected chi connectivity index (χ1v) is 12.8. The average molecular weight is 531 g/mol. The van der Waals surface area contributed by atoms with Crippen LogP contribution in [0.2, 0.25) is 0 Å². The zero-order valence-electron chi connectivity index (χ0n) is 21.4. The number of nitrogens with zero attached hydrogens (tertiary/aromatic N) is 3. The summed E-state index contributed by atoms with van der Waals surface area (Å²) >= 11 is 0. The lowest BCUT2D eigenvalue weighted by Gasteiger charge is -2.27. The molecule has 1 N–H and O–H groups in total. The van der Waals surface area contributed by atoms with Gasteiger partial charge in [-0.15, -0.1) is 0 Å². The van der Waals surface area contributed by atoms with E-state index in [2.05, 4.69) is 15.0 Å². The van der Waals surface area contributed by atoms with Crippen LogP contribution in [0.4, 0.5) is 14.5 Å². The van der Waals surface area contributed by atoms with E-state index in [4.69, 9.17) is 0 Å². The van der Waals surface area contributed by atoms with Gasteiger partial charge in [-0.05, 0) is 29.3 Å². The van der Waals surface area contributed by atoms with Crippen LogP contribution in [-0.2, 0) is 13.1 Å². The first-order chi connectivity index (χ1) is 19.6. The molecule has 6 rings (SSSR count). The molecule has 196 valence electrons. The number of rotatable bonds is 8. The van der Waals surface area contributed by atoms with Crippen LogP contribution in [0, 0.1) is 11.6 Å². The zero-order chi connectivity index (χ0) is 27.5. The van der Waals surface area contributed by atoms with Gasteiger partial charge < -0.3 is 9.88 Å².